The molecular formula is C16H26BrNS. The summed E-state index contributed by atoms with van der Waals surface area (Å²) in [5.74, 6) is 2.73. The number of hydrogen-bond donors (Lipinski definition) is 1. The van der Waals surface area contributed by atoms with Crippen LogP contribution in [0.25, 0.3) is 0 Å². The van der Waals surface area contributed by atoms with Gasteiger partial charge in [0.05, 0.1) is 0 Å². The quantitative estimate of drug-likeness (QED) is 0.757. The van der Waals surface area contributed by atoms with Crippen molar-refractivity contribution in [1.29, 1.82) is 0 Å². The van der Waals surface area contributed by atoms with E-state index >= 15 is 0 Å². The lowest BCUT2D eigenvalue weighted by molar-refractivity contribution is 0.170. The number of thiophene rings is 1. The van der Waals surface area contributed by atoms with Gasteiger partial charge in [0.2, 0.25) is 0 Å². The van der Waals surface area contributed by atoms with Crippen molar-refractivity contribution in [2.75, 3.05) is 13.6 Å². The minimum absolute atomic E-state index is 0.874. The Morgan fingerprint density at radius 1 is 1.37 bits per heavy atom. The molecular weight excluding hydrogens is 318 g/mol. The molecule has 19 heavy (non-hydrogen) atoms. The average molecular weight is 344 g/mol. The Kier molecular flexibility index (Phi) is 6.37. The Hall–Kier alpha value is 0.140. The topological polar surface area (TPSA) is 12.0 Å². The fraction of sp³-hybridized carbons (Fsp3) is 0.750. The summed E-state index contributed by atoms with van der Waals surface area (Å²) < 4.78 is 1.25. The summed E-state index contributed by atoms with van der Waals surface area (Å²) in [6, 6.07) is 2.31. The summed E-state index contributed by atoms with van der Waals surface area (Å²) in [4.78, 5) is 1.55. The van der Waals surface area contributed by atoms with Crippen LogP contribution in [-0.4, -0.2) is 13.6 Å². The molecule has 0 aliphatic heterocycles. The van der Waals surface area contributed by atoms with Crippen molar-refractivity contribution in [1.82, 2.24) is 5.32 Å². The molecule has 1 fully saturated rings. The number of halogens is 1. The molecule has 3 heteroatoms. The van der Waals surface area contributed by atoms with Gasteiger partial charge in [-0.2, -0.15) is 0 Å². The van der Waals surface area contributed by atoms with E-state index in [2.05, 4.69) is 46.7 Å². The highest BCUT2D eigenvalue weighted by Gasteiger charge is 2.29. The molecule has 0 radical (unpaired) electrons. The number of hydrogen-bond acceptors (Lipinski definition) is 2. The van der Waals surface area contributed by atoms with E-state index in [1.807, 2.05) is 11.3 Å². The first-order chi connectivity index (χ1) is 9.22. The van der Waals surface area contributed by atoms with Crippen LogP contribution in [0.2, 0.25) is 0 Å². The van der Waals surface area contributed by atoms with Crippen molar-refractivity contribution in [3.63, 3.8) is 0 Å². The van der Waals surface area contributed by atoms with Gasteiger partial charge >= 0.3 is 0 Å². The maximum atomic E-state index is 3.58. The molecule has 1 nitrogen and oxygen atoms in total. The van der Waals surface area contributed by atoms with Gasteiger partial charge in [0.25, 0.3) is 0 Å². The van der Waals surface area contributed by atoms with Crippen molar-refractivity contribution in [2.24, 2.45) is 17.8 Å². The van der Waals surface area contributed by atoms with Crippen LogP contribution < -0.4 is 5.32 Å². The van der Waals surface area contributed by atoms with Crippen molar-refractivity contribution in [2.45, 2.75) is 45.4 Å². The van der Waals surface area contributed by atoms with Crippen LogP contribution in [0.15, 0.2) is 15.9 Å². The maximum absolute atomic E-state index is 3.58. The molecule has 1 aliphatic carbocycles. The summed E-state index contributed by atoms with van der Waals surface area (Å²) in [5.41, 5.74) is 0. The van der Waals surface area contributed by atoms with Gasteiger partial charge < -0.3 is 5.32 Å². The Morgan fingerprint density at radius 3 is 2.84 bits per heavy atom. The van der Waals surface area contributed by atoms with E-state index < -0.39 is 0 Å². The van der Waals surface area contributed by atoms with Gasteiger partial charge in [-0.15, -0.1) is 11.3 Å². The predicted octanol–water partition coefficient (Wildman–Crippen LogP) is 5.11. The largest absolute Gasteiger partial charge is 0.319 e. The van der Waals surface area contributed by atoms with Gasteiger partial charge in [-0.05, 0) is 72.6 Å². The molecule has 0 amide bonds. The molecule has 0 bridgehead atoms. The molecule has 1 aromatic rings. The molecule has 1 aliphatic rings. The summed E-state index contributed by atoms with van der Waals surface area (Å²) in [6.07, 6.45) is 8.36. The molecule has 0 saturated heterocycles. The lowest BCUT2D eigenvalue weighted by Crippen LogP contribution is -2.32. The van der Waals surface area contributed by atoms with Crippen LogP contribution in [0.5, 0.6) is 0 Å². The Labute approximate surface area is 130 Å². The third-order valence-electron chi connectivity index (χ3n) is 4.50. The Bertz CT molecular complexity index is 377. The fourth-order valence-corrected chi connectivity index (χ4v) is 5.14. The first-order valence-electron chi connectivity index (χ1n) is 7.60. The molecule has 1 aromatic heterocycles. The second-order valence-corrected chi connectivity index (χ2v) is 7.89. The predicted molar refractivity (Wildman–Crippen MR) is 88.9 cm³/mol. The monoisotopic (exact) mass is 343 g/mol. The highest BCUT2D eigenvalue weighted by Crippen LogP contribution is 2.38. The summed E-state index contributed by atoms with van der Waals surface area (Å²) in [7, 11) is 2.09. The van der Waals surface area contributed by atoms with Crippen molar-refractivity contribution >= 4 is 27.3 Å². The lowest BCUT2D eigenvalue weighted by atomic mass is 9.71. The van der Waals surface area contributed by atoms with E-state index in [0.717, 1.165) is 17.8 Å². The molecule has 3 unspecified atom stereocenters. The van der Waals surface area contributed by atoms with Crippen LogP contribution in [-0.2, 0) is 6.42 Å². The molecule has 108 valence electrons. The van der Waals surface area contributed by atoms with Gasteiger partial charge in [-0.1, -0.05) is 26.2 Å². The van der Waals surface area contributed by atoms with Gasteiger partial charge in [-0.3, -0.25) is 0 Å². The van der Waals surface area contributed by atoms with E-state index in [0.29, 0.717) is 0 Å². The summed E-state index contributed by atoms with van der Waals surface area (Å²) >= 11 is 5.49. The molecule has 0 aromatic carbocycles. The van der Waals surface area contributed by atoms with E-state index in [4.69, 9.17) is 0 Å². The Morgan fingerprint density at radius 2 is 2.21 bits per heavy atom. The lowest BCUT2D eigenvalue weighted by Gasteiger charge is -2.36. The molecule has 0 spiro atoms. The SMILES string of the molecule is CCCC1CCC(CNC)C(Cc2cc(Br)cs2)C1. The van der Waals surface area contributed by atoms with Crippen molar-refractivity contribution in [3.05, 3.63) is 20.8 Å². The van der Waals surface area contributed by atoms with Gasteiger partial charge in [0.15, 0.2) is 0 Å². The molecule has 3 atom stereocenters. The second kappa shape index (κ2) is 7.80. The molecule has 1 heterocycles. The van der Waals surface area contributed by atoms with Crippen LogP contribution >= 0.6 is 27.3 Å². The van der Waals surface area contributed by atoms with Gasteiger partial charge in [0, 0.05) is 14.7 Å². The van der Waals surface area contributed by atoms with Gasteiger partial charge in [-0.25, -0.2) is 0 Å². The highest BCUT2D eigenvalue weighted by atomic mass is 79.9. The molecule has 1 saturated carbocycles. The van der Waals surface area contributed by atoms with Crippen LogP contribution in [0.4, 0.5) is 0 Å². The number of nitrogens with one attached hydrogen (secondary N) is 1. The van der Waals surface area contributed by atoms with Crippen LogP contribution in [0.3, 0.4) is 0 Å². The summed E-state index contributed by atoms with van der Waals surface area (Å²) in [6.45, 7) is 3.52. The van der Waals surface area contributed by atoms with E-state index in [-0.39, 0.29) is 0 Å². The van der Waals surface area contributed by atoms with E-state index in [1.165, 1.54) is 49.5 Å². The first kappa shape index (κ1) is 15.5. The third kappa shape index (κ3) is 4.57. The zero-order valence-electron chi connectivity index (χ0n) is 12.1. The van der Waals surface area contributed by atoms with Crippen LogP contribution in [0.1, 0.15) is 43.9 Å². The van der Waals surface area contributed by atoms with Crippen molar-refractivity contribution < 1.29 is 0 Å². The highest BCUT2D eigenvalue weighted by molar-refractivity contribution is 9.10. The summed E-state index contributed by atoms with van der Waals surface area (Å²) in [5, 5.41) is 5.62. The zero-order chi connectivity index (χ0) is 13.7. The minimum Gasteiger partial charge on any atom is -0.319 e. The number of rotatable bonds is 6. The van der Waals surface area contributed by atoms with Crippen LogP contribution in [0, 0.1) is 17.8 Å². The average Bonchev–Trinajstić information content (AvgIpc) is 2.79. The molecule has 2 rings (SSSR count). The maximum Gasteiger partial charge on any atom is 0.0285 e. The minimum atomic E-state index is 0.874. The third-order valence-corrected chi connectivity index (χ3v) is 6.22. The van der Waals surface area contributed by atoms with Crippen molar-refractivity contribution in [3.8, 4) is 0 Å². The normalized spacial score (nSPS) is 27.6. The zero-order valence-corrected chi connectivity index (χ0v) is 14.5. The smallest absolute Gasteiger partial charge is 0.0285 e. The standard InChI is InChI=1S/C16H26BrNS/c1-3-4-12-5-6-13(10-18-2)14(7-12)8-16-9-15(17)11-19-16/h9,11-14,18H,3-8,10H2,1-2H3. The molecule has 1 N–H and O–H groups in total. The van der Waals surface area contributed by atoms with Gasteiger partial charge in [0.1, 0.15) is 0 Å². The second-order valence-electron chi connectivity index (χ2n) is 5.98. The first-order valence-corrected chi connectivity index (χ1v) is 9.27. The Balaban J connectivity index is 1.98. The van der Waals surface area contributed by atoms with E-state index in [1.54, 1.807) is 4.88 Å². The fourth-order valence-electron chi connectivity index (χ4n) is 3.59. The van der Waals surface area contributed by atoms with E-state index in [9.17, 15) is 0 Å².